The number of likely N-dealkylation sites (N-methyl/N-ethyl adjacent to an activating group) is 1. The SMILES string of the molecule is CC[C@H]1CN(C(=O)NCCCCN2CCN(CC)CC2)C[C@@H](C)O1. The van der Waals surface area contributed by atoms with Gasteiger partial charge in [0.05, 0.1) is 12.2 Å². The van der Waals surface area contributed by atoms with E-state index in [9.17, 15) is 4.79 Å². The minimum atomic E-state index is 0.0696. The van der Waals surface area contributed by atoms with Crippen molar-refractivity contribution in [1.29, 1.82) is 0 Å². The molecule has 0 aliphatic carbocycles. The minimum Gasteiger partial charge on any atom is -0.372 e. The number of amides is 2. The highest BCUT2D eigenvalue weighted by Gasteiger charge is 2.27. The van der Waals surface area contributed by atoms with Crippen molar-refractivity contribution in [3.05, 3.63) is 0 Å². The van der Waals surface area contributed by atoms with Crippen LogP contribution in [0.3, 0.4) is 0 Å². The average Bonchev–Trinajstić information content (AvgIpc) is 2.61. The van der Waals surface area contributed by atoms with Gasteiger partial charge in [-0.3, -0.25) is 0 Å². The summed E-state index contributed by atoms with van der Waals surface area (Å²) in [5.74, 6) is 0. The van der Waals surface area contributed by atoms with E-state index in [1.165, 1.54) is 32.7 Å². The van der Waals surface area contributed by atoms with E-state index in [1.807, 2.05) is 11.8 Å². The van der Waals surface area contributed by atoms with Gasteiger partial charge in [0.15, 0.2) is 0 Å². The molecule has 0 aromatic carbocycles. The Bertz CT molecular complexity index is 372. The van der Waals surface area contributed by atoms with E-state index in [0.717, 1.165) is 32.4 Å². The van der Waals surface area contributed by atoms with Crippen molar-refractivity contribution >= 4 is 6.03 Å². The number of hydrogen-bond donors (Lipinski definition) is 1. The zero-order valence-corrected chi connectivity index (χ0v) is 15.8. The second kappa shape index (κ2) is 10.2. The van der Waals surface area contributed by atoms with E-state index < -0.39 is 0 Å². The molecule has 0 radical (unpaired) electrons. The van der Waals surface area contributed by atoms with Gasteiger partial charge in [-0.15, -0.1) is 0 Å². The van der Waals surface area contributed by atoms with Crippen molar-refractivity contribution < 1.29 is 9.53 Å². The number of nitrogens with one attached hydrogen (secondary N) is 1. The molecular formula is C18H36N4O2. The topological polar surface area (TPSA) is 48.1 Å². The minimum absolute atomic E-state index is 0.0696. The second-order valence-electron chi connectivity index (χ2n) is 7.10. The third-order valence-corrected chi connectivity index (χ3v) is 5.16. The van der Waals surface area contributed by atoms with Gasteiger partial charge >= 0.3 is 6.03 Å². The van der Waals surface area contributed by atoms with Crippen molar-refractivity contribution in [3.8, 4) is 0 Å². The number of rotatable bonds is 7. The maximum absolute atomic E-state index is 12.3. The average molecular weight is 341 g/mol. The van der Waals surface area contributed by atoms with Crippen LogP contribution in [0.5, 0.6) is 0 Å². The summed E-state index contributed by atoms with van der Waals surface area (Å²) < 4.78 is 5.81. The van der Waals surface area contributed by atoms with Gasteiger partial charge in [0.1, 0.15) is 0 Å². The Morgan fingerprint density at radius 2 is 1.79 bits per heavy atom. The summed E-state index contributed by atoms with van der Waals surface area (Å²) in [6.07, 6.45) is 3.48. The van der Waals surface area contributed by atoms with Gasteiger partial charge in [-0.2, -0.15) is 0 Å². The molecule has 0 spiro atoms. The lowest BCUT2D eigenvalue weighted by Crippen LogP contribution is -2.52. The maximum Gasteiger partial charge on any atom is 0.317 e. The van der Waals surface area contributed by atoms with E-state index in [0.29, 0.717) is 13.1 Å². The first-order valence-electron chi connectivity index (χ1n) is 9.75. The third kappa shape index (κ3) is 6.22. The summed E-state index contributed by atoms with van der Waals surface area (Å²) in [6, 6.07) is 0.0696. The van der Waals surface area contributed by atoms with Crippen molar-refractivity contribution in [2.75, 3.05) is 58.9 Å². The summed E-state index contributed by atoms with van der Waals surface area (Å²) >= 11 is 0. The number of urea groups is 1. The van der Waals surface area contributed by atoms with Crippen LogP contribution in [0.15, 0.2) is 0 Å². The molecule has 2 aliphatic rings. The van der Waals surface area contributed by atoms with Crippen LogP contribution >= 0.6 is 0 Å². The quantitative estimate of drug-likeness (QED) is 0.716. The first-order valence-corrected chi connectivity index (χ1v) is 9.75. The van der Waals surface area contributed by atoms with E-state index in [2.05, 4.69) is 29.0 Å². The molecule has 2 aliphatic heterocycles. The highest BCUT2D eigenvalue weighted by atomic mass is 16.5. The van der Waals surface area contributed by atoms with E-state index in [4.69, 9.17) is 4.74 Å². The molecule has 2 amide bonds. The van der Waals surface area contributed by atoms with Gasteiger partial charge in [-0.25, -0.2) is 4.79 Å². The molecule has 6 nitrogen and oxygen atoms in total. The monoisotopic (exact) mass is 340 g/mol. The van der Waals surface area contributed by atoms with Crippen LogP contribution in [0.4, 0.5) is 4.79 Å². The summed E-state index contributed by atoms with van der Waals surface area (Å²) in [5, 5.41) is 3.08. The fraction of sp³-hybridized carbons (Fsp3) is 0.944. The van der Waals surface area contributed by atoms with Crippen molar-refractivity contribution in [2.45, 2.75) is 52.2 Å². The number of ether oxygens (including phenoxy) is 1. The van der Waals surface area contributed by atoms with Crippen LogP contribution in [0.1, 0.15) is 40.0 Å². The lowest BCUT2D eigenvalue weighted by Gasteiger charge is -2.36. The number of piperazine rings is 1. The zero-order chi connectivity index (χ0) is 17.4. The van der Waals surface area contributed by atoms with Crippen LogP contribution in [-0.2, 0) is 4.74 Å². The van der Waals surface area contributed by atoms with E-state index >= 15 is 0 Å². The lowest BCUT2D eigenvalue weighted by atomic mass is 10.2. The molecule has 6 heteroatoms. The second-order valence-corrected chi connectivity index (χ2v) is 7.10. The Hall–Kier alpha value is -0.850. The van der Waals surface area contributed by atoms with Crippen molar-refractivity contribution in [1.82, 2.24) is 20.0 Å². The van der Waals surface area contributed by atoms with Crippen LogP contribution < -0.4 is 5.32 Å². The number of morpholine rings is 1. The van der Waals surface area contributed by atoms with Gasteiger partial charge in [0.25, 0.3) is 0 Å². The summed E-state index contributed by atoms with van der Waals surface area (Å²) in [4.78, 5) is 19.2. The molecule has 24 heavy (non-hydrogen) atoms. The molecule has 0 bridgehead atoms. The molecule has 140 valence electrons. The van der Waals surface area contributed by atoms with Crippen LogP contribution in [0.25, 0.3) is 0 Å². The summed E-state index contributed by atoms with van der Waals surface area (Å²) in [6.45, 7) is 15.7. The predicted octanol–water partition coefficient (Wildman–Crippen LogP) is 1.61. The number of carbonyl (C=O) groups is 1. The first-order chi connectivity index (χ1) is 11.6. The highest BCUT2D eigenvalue weighted by Crippen LogP contribution is 2.13. The van der Waals surface area contributed by atoms with Crippen LogP contribution in [0.2, 0.25) is 0 Å². The standard InChI is InChI=1S/C18H36N4O2/c1-4-17-15-22(14-16(3)24-17)18(23)19-8-6-7-9-21-12-10-20(5-2)11-13-21/h16-17H,4-15H2,1-3H3,(H,19,23)/t16-,17+/m1/s1. The fourth-order valence-corrected chi connectivity index (χ4v) is 3.53. The molecule has 2 rings (SSSR count). The predicted molar refractivity (Wildman–Crippen MR) is 97.4 cm³/mol. The lowest BCUT2D eigenvalue weighted by molar-refractivity contribution is -0.0646. The van der Waals surface area contributed by atoms with E-state index in [-0.39, 0.29) is 18.2 Å². The number of hydrogen-bond acceptors (Lipinski definition) is 4. The van der Waals surface area contributed by atoms with Gasteiger partial charge < -0.3 is 24.8 Å². The third-order valence-electron chi connectivity index (χ3n) is 5.16. The van der Waals surface area contributed by atoms with Gasteiger partial charge in [-0.1, -0.05) is 13.8 Å². The zero-order valence-electron chi connectivity index (χ0n) is 15.8. The molecular weight excluding hydrogens is 304 g/mol. The Morgan fingerprint density at radius 1 is 1.08 bits per heavy atom. The molecule has 2 heterocycles. The molecule has 1 N–H and O–H groups in total. The Labute approximate surface area is 147 Å². The molecule has 0 aromatic heterocycles. The Morgan fingerprint density at radius 3 is 2.46 bits per heavy atom. The first kappa shape index (κ1) is 19.5. The van der Waals surface area contributed by atoms with E-state index in [1.54, 1.807) is 0 Å². The maximum atomic E-state index is 12.3. The number of nitrogens with zero attached hydrogens (tertiary/aromatic N) is 3. The summed E-state index contributed by atoms with van der Waals surface area (Å²) in [7, 11) is 0. The smallest absolute Gasteiger partial charge is 0.317 e. The molecule has 0 unspecified atom stereocenters. The normalized spacial score (nSPS) is 26.5. The molecule has 0 saturated carbocycles. The van der Waals surface area contributed by atoms with Crippen molar-refractivity contribution in [3.63, 3.8) is 0 Å². The molecule has 2 saturated heterocycles. The molecule has 2 fully saturated rings. The molecule has 2 atom stereocenters. The van der Waals surface area contributed by atoms with Gasteiger partial charge in [0, 0.05) is 45.8 Å². The van der Waals surface area contributed by atoms with Crippen LogP contribution in [-0.4, -0.2) is 91.8 Å². The van der Waals surface area contributed by atoms with Crippen LogP contribution in [0, 0.1) is 0 Å². The highest BCUT2D eigenvalue weighted by molar-refractivity contribution is 5.74. The number of carbonyl (C=O) groups excluding carboxylic acids is 1. The van der Waals surface area contributed by atoms with Crippen molar-refractivity contribution in [2.24, 2.45) is 0 Å². The largest absolute Gasteiger partial charge is 0.372 e. The fourth-order valence-electron chi connectivity index (χ4n) is 3.53. The van der Waals surface area contributed by atoms with Gasteiger partial charge in [0.2, 0.25) is 0 Å². The van der Waals surface area contributed by atoms with Gasteiger partial charge in [-0.05, 0) is 39.3 Å². The Kier molecular flexibility index (Phi) is 8.29. The number of unbranched alkanes of at least 4 members (excludes halogenated alkanes) is 1. The Balaban J connectivity index is 1.55. The summed E-state index contributed by atoms with van der Waals surface area (Å²) in [5.41, 5.74) is 0. The molecule has 0 aromatic rings.